The van der Waals surface area contributed by atoms with Crippen LogP contribution in [0.25, 0.3) is 0 Å². The molecule has 0 aliphatic heterocycles. The summed E-state index contributed by atoms with van der Waals surface area (Å²) in [6.07, 6.45) is 5.63. The zero-order valence-electron chi connectivity index (χ0n) is 10.4. The molecule has 0 saturated heterocycles. The lowest BCUT2D eigenvalue weighted by Gasteiger charge is -2.25. The monoisotopic (exact) mass is 204 g/mol. The molecule has 3 aliphatic rings. The predicted octanol–water partition coefficient (Wildman–Crippen LogP) is 4.27. The van der Waals surface area contributed by atoms with E-state index in [2.05, 4.69) is 27.4 Å². The third-order valence-corrected chi connectivity index (χ3v) is 5.91. The number of hydrogen-bond donors (Lipinski definition) is 0. The summed E-state index contributed by atoms with van der Waals surface area (Å²) in [7, 11) is 0. The van der Waals surface area contributed by atoms with Gasteiger partial charge in [-0.15, -0.1) is 0 Å². The van der Waals surface area contributed by atoms with E-state index in [1.54, 1.807) is 5.57 Å². The highest BCUT2D eigenvalue weighted by atomic mass is 14.7. The fraction of sp³-hybridized carbons (Fsp3) is 0.867. The molecule has 3 saturated carbocycles. The van der Waals surface area contributed by atoms with E-state index in [-0.39, 0.29) is 0 Å². The molecule has 3 fully saturated rings. The fourth-order valence-electron chi connectivity index (χ4n) is 4.93. The van der Waals surface area contributed by atoms with Gasteiger partial charge in [0.1, 0.15) is 0 Å². The molecule has 0 amide bonds. The predicted molar refractivity (Wildman–Crippen MR) is 64.5 cm³/mol. The number of allylic oxidation sites excluding steroid dienone is 1. The number of fused-ring (bicyclic) bond motifs is 3. The molecule has 0 radical (unpaired) electrons. The Morgan fingerprint density at radius 1 is 1.20 bits per heavy atom. The van der Waals surface area contributed by atoms with E-state index < -0.39 is 0 Å². The van der Waals surface area contributed by atoms with Crippen molar-refractivity contribution in [3.05, 3.63) is 12.2 Å². The molecule has 0 bridgehead atoms. The van der Waals surface area contributed by atoms with Crippen molar-refractivity contribution in [1.82, 2.24) is 0 Å². The summed E-state index contributed by atoms with van der Waals surface area (Å²) < 4.78 is 0. The van der Waals surface area contributed by atoms with Gasteiger partial charge in [0.15, 0.2) is 0 Å². The molecule has 0 spiro atoms. The average Bonchev–Trinajstić information content (AvgIpc) is 2.55. The lowest BCUT2D eigenvalue weighted by atomic mass is 9.80. The second-order valence-electron chi connectivity index (χ2n) is 6.89. The smallest absolute Gasteiger partial charge is 0.0172 e. The van der Waals surface area contributed by atoms with E-state index in [0.717, 1.165) is 29.6 Å². The molecule has 0 unspecified atom stereocenters. The first kappa shape index (κ1) is 9.93. The largest absolute Gasteiger partial charge is 0.0996 e. The zero-order chi connectivity index (χ0) is 10.8. The van der Waals surface area contributed by atoms with Crippen LogP contribution in [0.1, 0.15) is 46.5 Å². The van der Waals surface area contributed by atoms with Crippen molar-refractivity contribution in [2.24, 2.45) is 35.0 Å². The van der Waals surface area contributed by atoms with Crippen molar-refractivity contribution >= 4 is 0 Å². The average molecular weight is 204 g/mol. The Kier molecular flexibility index (Phi) is 1.92. The molecular weight excluding hydrogens is 180 g/mol. The van der Waals surface area contributed by atoms with Gasteiger partial charge in [-0.25, -0.2) is 0 Å². The van der Waals surface area contributed by atoms with Gasteiger partial charge in [-0.05, 0) is 60.7 Å². The van der Waals surface area contributed by atoms with Crippen LogP contribution < -0.4 is 0 Å². The highest BCUT2D eigenvalue weighted by molar-refractivity contribution is 5.20. The van der Waals surface area contributed by atoms with E-state index in [0.29, 0.717) is 5.41 Å². The molecular formula is C15H24. The van der Waals surface area contributed by atoms with Crippen molar-refractivity contribution in [3.8, 4) is 0 Å². The summed E-state index contributed by atoms with van der Waals surface area (Å²) in [5.74, 6) is 4.87. The Morgan fingerprint density at radius 3 is 2.67 bits per heavy atom. The Balaban J connectivity index is 1.93. The molecule has 0 aromatic rings. The van der Waals surface area contributed by atoms with Gasteiger partial charge in [-0.1, -0.05) is 32.9 Å². The first-order valence-corrected chi connectivity index (χ1v) is 6.71. The van der Waals surface area contributed by atoms with Gasteiger partial charge in [-0.2, -0.15) is 0 Å². The number of rotatable bonds is 0. The van der Waals surface area contributed by atoms with Crippen molar-refractivity contribution in [3.63, 3.8) is 0 Å². The maximum atomic E-state index is 4.35. The molecule has 15 heavy (non-hydrogen) atoms. The third-order valence-electron chi connectivity index (χ3n) is 5.91. The molecule has 5 atom stereocenters. The summed E-state index contributed by atoms with van der Waals surface area (Å²) >= 11 is 0. The quantitative estimate of drug-likeness (QED) is 0.517. The van der Waals surface area contributed by atoms with Gasteiger partial charge in [0, 0.05) is 0 Å². The van der Waals surface area contributed by atoms with Gasteiger partial charge in [0.25, 0.3) is 0 Å². The molecule has 0 nitrogen and oxygen atoms in total. The summed E-state index contributed by atoms with van der Waals surface area (Å²) in [6, 6.07) is 0. The normalized spacial score (nSPS) is 51.9. The lowest BCUT2D eigenvalue weighted by Crippen LogP contribution is -2.18. The van der Waals surface area contributed by atoms with Crippen molar-refractivity contribution in [2.45, 2.75) is 46.5 Å². The molecule has 3 rings (SSSR count). The highest BCUT2D eigenvalue weighted by Gasteiger charge is 2.64. The maximum Gasteiger partial charge on any atom is -0.0172 e. The van der Waals surface area contributed by atoms with Gasteiger partial charge in [0.05, 0.1) is 0 Å². The van der Waals surface area contributed by atoms with E-state index >= 15 is 0 Å². The van der Waals surface area contributed by atoms with E-state index in [1.807, 2.05) is 0 Å². The van der Waals surface area contributed by atoms with E-state index in [9.17, 15) is 0 Å². The van der Waals surface area contributed by atoms with Gasteiger partial charge >= 0.3 is 0 Å². The molecule has 0 aromatic carbocycles. The maximum absolute atomic E-state index is 4.35. The Morgan fingerprint density at radius 2 is 1.93 bits per heavy atom. The zero-order valence-corrected chi connectivity index (χ0v) is 10.4. The van der Waals surface area contributed by atoms with Gasteiger partial charge in [-0.3, -0.25) is 0 Å². The van der Waals surface area contributed by atoms with Gasteiger partial charge < -0.3 is 0 Å². The van der Waals surface area contributed by atoms with Crippen LogP contribution in [-0.4, -0.2) is 0 Å². The van der Waals surface area contributed by atoms with Crippen LogP contribution in [-0.2, 0) is 0 Å². The van der Waals surface area contributed by atoms with Gasteiger partial charge in [0.2, 0.25) is 0 Å². The third kappa shape index (κ3) is 1.20. The summed E-state index contributed by atoms with van der Waals surface area (Å²) in [4.78, 5) is 0. The Bertz CT molecular complexity index is 299. The minimum absolute atomic E-state index is 0.655. The Labute approximate surface area is 94.1 Å². The molecule has 0 aromatic heterocycles. The first-order valence-electron chi connectivity index (χ1n) is 6.71. The van der Waals surface area contributed by atoms with Crippen LogP contribution in [0.3, 0.4) is 0 Å². The number of hydrogen-bond acceptors (Lipinski definition) is 0. The molecule has 0 N–H and O–H groups in total. The highest BCUT2D eigenvalue weighted by Crippen LogP contribution is 2.70. The van der Waals surface area contributed by atoms with Crippen LogP contribution in [0, 0.1) is 35.0 Å². The van der Waals surface area contributed by atoms with Crippen molar-refractivity contribution in [1.29, 1.82) is 0 Å². The molecule has 0 heterocycles. The first-order chi connectivity index (χ1) is 7.03. The fourth-order valence-corrected chi connectivity index (χ4v) is 4.93. The topological polar surface area (TPSA) is 0 Å². The Hall–Kier alpha value is -0.260. The second-order valence-corrected chi connectivity index (χ2v) is 6.89. The minimum Gasteiger partial charge on any atom is -0.0996 e. The van der Waals surface area contributed by atoms with Crippen LogP contribution in [0.4, 0.5) is 0 Å². The van der Waals surface area contributed by atoms with Crippen LogP contribution in [0.5, 0.6) is 0 Å². The van der Waals surface area contributed by atoms with Crippen LogP contribution >= 0.6 is 0 Å². The van der Waals surface area contributed by atoms with E-state index in [4.69, 9.17) is 0 Å². The molecule has 3 aliphatic carbocycles. The summed E-state index contributed by atoms with van der Waals surface area (Å²) in [5.41, 5.74) is 2.25. The second kappa shape index (κ2) is 2.90. The lowest BCUT2D eigenvalue weighted by molar-refractivity contribution is 0.280. The van der Waals surface area contributed by atoms with Crippen LogP contribution in [0.2, 0.25) is 0 Å². The standard InChI is InChI=1S/C15H24/c1-9-6-8-12-14(15(12,3)4)13-10(2)5-7-11(9)13/h10-14H,1,5-8H2,2-4H3/t10-,11-,12-,13-,14-/m0/s1. The SMILES string of the molecule is C=C1CC[C@H]2[C@@H]([C@H]3[C@@H](C)CC[C@@H]13)C2(C)C. The van der Waals surface area contributed by atoms with Crippen molar-refractivity contribution < 1.29 is 0 Å². The van der Waals surface area contributed by atoms with E-state index in [1.165, 1.54) is 25.7 Å². The molecule has 84 valence electrons. The van der Waals surface area contributed by atoms with Crippen LogP contribution in [0.15, 0.2) is 12.2 Å². The molecule has 0 heteroatoms. The van der Waals surface area contributed by atoms with Crippen molar-refractivity contribution in [2.75, 3.05) is 0 Å². The summed E-state index contributed by atoms with van der Waals surface area (Å²) in [5, 5.41) is 0. The summed E-state index contributed by atoms with van der Waals surface area (Å²) in [6.45, 7) is 11.8. The minimum atomic E-state index is 0.655.